The maximum atomic E-state index is 12.3. The van der Waals surface area contributed by atoms with Gasteiger partial charge in [0.2, 0.25) is 5.91 Å². The highest BCUT2D eigenvalue weighted by Crippen LogP contribution is 2.21. The van der Waals surface area contributed by atoms with Crippen molar-refractivity contribution in [2.75, 3.05) is 24.4 Å². The van der Waals surface area contributed by atoms with Crippen molar-refractivity contribution >= 4 is 28.9 Å². The lowest BCUT2D eigenvalue weighted by Crippen LogP contribution is -2.17. The molecule has 2 N–H and O–H groups in total. The standard InChI is InChI=1S/C17H17N3O5/c1-11-6-7-12(8-15(11)20(23)24)17(22)19-14-5-3-4-13(9-14)18-16(21)10-25-2/h3-9H,10H2,1-2H3,(H,18,21)(H,19,22). The highest BCUT2D eigenvalue weighted by atomic mass is 16.6. The molecule has 0 atom stereocenters. The van der Waals surface area contributed by atoms with E-state index < -0.39 is 10.8 Å². The van der Waals surface area contributed by atoms with E-state index in [1.54, 1.807) is 31.2 Å². The second-order valence-corrected chi connectivity index (χ2v) is 5.27. The maximum absolute atomic E-state index is 12.3. The second kappa shape index (κ2) is 8.02. The molecule has 0 aliphatic rings. The third-order valence-corrected chi connectivity index (χ3v) is 3.35. The van der Waals surface area contributed by atoms with Crippen LogP contribution in [-0.2, 0) is 9.53 Å². The molecular weight excluding hydrogens is 326 g/mol. The second-order valence-electron chi connectivity index (χ2n) is 5.27. The van der Waals surface area contributed by atoms with Gasteiger partial charge in [0.25, 0.3) is 11.6 Å². The van der Waals surface area contributed by atoms with Gasteiger partial charge in [0, 0.05) is 35.7 Å². The molecule has 25 heavy (non-hydrogen) atoms. The number of amides is 2. The van der Waals surface area contributed by atoms with Gasteiger partial charge in [-0.1, -0.05) is 12.1 Å². The number of nitrogens with one attached hydrogen (secondary N) is 2. The molecule has 0 aliphatic carbocycles. The number of hydrogen-bond acceptors (Lipinski definition) is 5. The fourth-order valence-corrected chi connectivity index (χ4v) is 2.15. The van der Waals surface area contributed by atoms with E-state index in [-0.39, 0.29) is 23.8 Å². The molecule has 0 aromatic heterocycles. The van der Waals surface area contributed by atoms with Crippen LogP contribution in [0.3, 0.4) is 0 Å². The molecule has 2 aromatic carbocycles. The van der Waals surface area contributed by atoms with Gasteiger partial charge in [0.1, 0.15) is 6.61 Å². The Kier molecular flexibility index (Phi) is 5.80. The molecule has 0 aliphatic heterocycles. The van der Waals surface area contributed by atoms with Gasteiger partial charge in [0.05, 0.1) is 4.92 Å². The Morgan fingerprint density at radius 2 is 1.80 bits per heavy atom. The Bertz CT molecular complexity index is 820. The summed E-state index contributed by atoms with van der Waals surface area (Å²) in [4.78, 5) is 34.3. The van der Waals surface area contributed by atoms with Crippen molar-refractivity contribution in [2.24, 2.45) is 0 Å². The molecule has 0 fully saturated rings. The average Bonchev–Trinajstić information content (AvgIpc) is 2.55. The third kappa shape index (κ3) is 4.85. The first-order chi connectivity index (χ1) is 11.9. The minimum Gasteiger partial charge on any atom is -0.375 e. The van der Waals surface area contributed by atoms with Crippen LogP contribution < -0.4 is 10.6 Å². The van der Waals surface area contributed by atoms with Crippen LogP contribution in [0.15, 0.2) is 42.5 Å². The van der Waals surface area contributed by atoms with Crippen LogP contribution in [-0.4, -0.2) is 30.5 Å². The highest BCUT2D eigenvalue weighted by molar-refractivity contribution is 6.05. The topological polar surface area (TPSA) is 111 Å². The predicted octanol–water partition coefficient (Wildman–Crippen LogP) is 2.74. The van der Waals surface area contributed by atoms with Crippen LogP contribution in [0.5, 0.6) is 0 Å². The number of nitro groups is 1. The Morgan fingerprint density at radius 1 is 1.12 bits per heavy atom. The van der Waals surface area contributed by atoms with Crippen LogP contribution in [0.2, 0.25) is 0 Å². The van der Waals surface area contributed by atoms with E-state index in [0.29, 0.717) is 16.9 Å². The smallest absolute Gasteiger partial charge is 0.273 e. The summed E-state index contributed by atoms with van der Waals surface area (Å²) in [5.41, 5.74) is 1.47. The van der Waals surface area contributed by atoms with Gasteiger partial charge in [-0.2, -0.15) is 0 Å². The molecular formula is C17H17N3O5. The van der Waals surface area contributed by atoms with E-state index in [4.69, 9.17) is 4.74 Å². The van der Waals surface area contributed by atoms with Crippen LogP contribution >= 0.6 is 0 Å². The van der Waals surface area contributed by atoms with Gasteiger partial charge in [-0.15, -0.1) is 0 Å². The Hall–Kier alpha value is -3.26. The summed E-state index contributed by atoms with van der Waals surface area (Å²) in [6.07, 6.45) is 0. The first kappa shape index (κ1) is 18.1. The summed E-state index contributed by atoms with van der Waals surface area (Å²) in [5, 5.41) is 16.2. The van der Waals surface area contributed by atoms with Crippen LogP contribution in [0, 0.1) is 17.0 Å². The number of nitro benzene ring substituents is 1. The number of anilines is 2. The minimum atomic E-state index is -0.530. The zero-order valence-corrected chi connectivity index (χ0v) is 13.7. The number of ether oxygens (including phenoxy) is 1. The van der Waals surface area contributed by atoms with Crippen molar-refractivity contribution in [1.82, 2.24) is 0 Å². The fourth-order valence-electron chi connectivity index (χ4n) is 2.15. The van der Waals surface area contributed by atoms with Gasteiger partial charge < -0.3 is 15.4 Å². The average molecular weight is 343 g/mol. The zero-order chi connectivity index (χ0) is 18.4. The number of nitrogens with zero attached hydrogens (tertiary/aromatic N) is 1. The van der Waals surface area contributed by atoms with Gasteiger partial charge in [-0.05, 0) is 31.2 Å². The lowest BCUT2D eigenvalue weighted by atomic mass is 10.1. The number of benzene rings is 2. The van der Waals surface area contributed by atoms with Gasteiger partial charge in [0.15, 0.2) is 0 Å². The molecule has 130 valence electrons. The summed E-state index contributed by atoms with van der Waals surface area (Å²) in [5.74, 6) is -0.802. The largest absolute Gasteiger partial charge is 0.375 e. The van der Waals surface area contributed by atoms with Crippen molar-refractivity contribution in [2.45, 2.75) is 6.92 Å². The van der Waals surface area contributed by atoms with Gasteiger partial charge in [-0.3, -0.25) is 19.7 Å². The Morgan fingerprint density at radius 3 is 2.44 bits per heavy atom. The quantitative estimate of drug-likeness (QED) is 0.619. The zero-order valence-electron chi connectivity index (χ0n) is 13.7. The van der Waals surface area contributed by atoms with Crippen molar-refractivity contribution in [3.8, 4) is 0 Å². The number of aryl methyl sites for hydroxylation is 1. The molecule has 0 unspecified atom stereocenters. The molecule has 8 nitrogen and oxygen atoms in total. The highest BCUT2D eigenvalue weighted by Gasteiger charge is 2.15. The molecule has 0 spiro atoms. The van der Waals surface area contributed by atoms with Crippen LogP contribution in [0.4, 0.5) is 17.1 Å². The number of hydrogen-bond donors (Lipinski definition) is 2. The summed E-state index contributed by atoms with van der Waals surface area (Å²) >= 11 is 0. The van der Waals surface area contributed by atoms with Crippen molar-refractivity contribution in [3.63, 3.8) is 0 Å². The van der Waals surface area contributed by atoms with Crippen molar-refractivity contribution in [1.29, 1.82) is 0 Å². The SMILES string of the molecule is COCC(=O)Nc1cccc(NC(=O)c2ccc(C)c([N+](=O)[O-])c2)c1. The lowest BCUT2D eigenvalue weighted by Gasteiger charge is -2.09. The molecule has 0 radical (unpaired) electrons. The summed E-state index contributed by atoms with van der Waals surface area (Å²) < 4.78 is 4.73. The monoisotopic (exact) mass is 343 g/mol. The van der Waals surface area contributed by atoms with E-state index in [9.17, 15) is 19.7 Å². The molecule has 2 aromatic rings. The van der Waals surface area contributed by atoms with Crippen molar-refractivity contribution < 1.29 is 19.2 Å². The molecule has 0 heterocycles. The van der Waals surface area contributed by atoms with E-state index in [1.807, 2.05) is 0 Å². The molecule has 2 amide bonds. The van der Waals surface area contributed by atoms with Crippen LogP contribution in [0.25, 0.3) is 0 Å². The molecule has 2 rings (SSSR count). The normalized spacial score (nSPS) is 10.2. The fraction of sp³-hybridized carbons (Fsp3) is 0.176. The minimum absolute atomic E-state index is 0.0797. The third-order valence-electron chi connectivity index (χ3n) is 3.35. The number of carbonyl (C=O) groups excluding carboxylic acids is 2. The number of rotatable bonds is 6. The lowest BCUT2D eigenvalue weighted by molar-refractivity contribution is -0.385. The molecule has 0 bridgehead atoms. The first-order valence-corrected chi connectivity index (χ1v) is 7.36. The van der Waals surface area contributed by atoms with E-state index in [2.05, 4.69) is 10.6 Å². The summed E-state index contributed by atoms with van der Waals surface area (Å²) in [6.45, 7) is 1.52. The summed E-state index contributed by atoms with van der Waals surface area (Å²) in [6, 6.07) is 10.8. The van der Waals surface area contributed by atoms with Gasteiger partial charge >= 0.3 is 0 Å². The van der Waals surface area contributed by atoms with E-state index in [0.717, 1.165) is 0 Å². The maximum Gasteiger partial charge on any atom is 0.273 e. The first-order valence-electron chi connectivity index (χ1n) is 7.36. The molecule has 0 saturated carbocycles. The van der Waals surface area contributed by atoms with Crippen molar-refractivity contribution in [3.05, 3.63) is 63.7 Å². The predicted molar refractivity (Wildman–Crippen MR) is 92.7 cm³/mol. The molecule has 0 saturated heterocycles. The Balaban J connectivity index is 2.14. The molecule has 8 heteroatoms. The summed E-state index contributed by atoms with van der Waals surface area (Å²) in [7, 11) is 1.41. The number of carbonyl (C=O) groups is 2. The van der Waals surface area contributed by atoms with Crippen LogP contribution in [0.1, 0.15) is 15.9 Å². The number of methoxy groups -OCH3 is 1. The van der Waals surface area contributed by atoms with E-state index >= 15 is 0 Å². The Labute approximate surface area is 144 Å². The van der Waals surface area contributed by atoms with Gasteiger partial charge in [-0.25, -0.2) is 0 Å². The van der Waals surface area contributed by atoms with E-state index in [1.165, 1.54) is 25.3 Å².